The van der Waals surface area contributed by atoms with Crippen molar-refractivity contribution in [3.8, 4) is 0 Å². The van der Waals surface area contributed by atoms with Gasteiger partial charge in [0, 0.05) is 23.6 Å². The second-order valence-electron chi connectivity index (χ2n) is 4.42. The van der Waals surface area contributed by atoms with Gasteiger partial charge < -0.3 is 10.1 Å². The third-order valence-corrected chi connectivity index (χ3v) is 3.02. The lowest BCUT2D eigenvalue weighted by molar-refractivity contribution is -0.142. The van der Waals surface area contributed by atoms with Crippen LogP contribution in [0.25, 0.3) is 0 Å². The van der Waals surface area contributed by atoms with Gasteiger partial charge in [-0.25, -0.2) is 0 Å². The second kappa shape index (κ2) is 6.13. The summed E-state index contributed by atoms with van der Waals surface area (Å²) in [6, 6.07) is 6.40. The topological polar surface area (TPSA) is 89.5 Å². The number of rotatable bonds is 4. The van der Waals surface area contributed by atoms with Crippen molar-refractivity contribution in [1.29, 1.82) is 0 Å². The van der Waals surface area contributed by atoms with Gasteiger partial charge in [-0.1, -0.05) is 24.3 Å². The number of ketones is 2. The molecule has 1 N–H and O–H groups in total. The largest absolute Gasteiger partial charge is 0.469 e. The van der Waals surface area contributed by atoms with E-state index in [9.17, 15) is 19.2 Å². The van der Waals surface area contributed by atoms with E-state index >= 15 is 0 Å². The number of allylic oxidation sites excluding steroid dienone is 2. The van der Waals surface area contributed by atoms with Crippen LogP contribution in [0.5, 0.6) is 0 Å². The fourth-order valence-electron chi connectivity index (χ4n) is 1.94. The van der Waals surface area contributed by atoms with Crippen LogP contribution in [0.2, 0.25) is 0 Å². The van der Waals surface area contributed by atoms with Crippen LogP contribution in [-0.2, 0) is 14.3 Å². The van der Waals surface area contributed by atoms with Crippen molar-refractivity contribution in [3.63, 3.8) is 0 Å². The number of Topliss-reactive ketones (excluding diaryl/α,β-unsaturated/α-hetero) is 1. The molecule has 0 unspecified atom stereocenters. The van der Waals surface area contributed by atoms with Crippen LogP contribution in [0.1, 0.15) is 33.6 Å². The molecule has 0 bridgehead atoms. The second-order valence-corrected chi connectivity index (χ2v) is 4.42. The van der Waals surface area contributed by atoms with Gasteiger partial charge in [-0.2, -0.15) is 0 Å². The number of carbonyl (C=O) groups excluding carboxylic acids is 4. The van der Waals surface area contributed by atoms with Gasteiger partial charge in [0.1, 0.15) is 0 Å². The molecular weight excluding hydrogens is 274 g/mol. The van der Waals surface area contributed by atoms with Gasteiger partial charge in [-0.3, -0.25) is 19.2 Å². The Bertz CT molecular complexity index is 660. The van der Waals surface area contributed by atoms with Crippen LogP contribution in [-0.4, -0.2) is 30.6 Å². The van der Waals surface area contributed by atoms with E-state index < -0.39 is 17.7 Å². The fraction of sp³-hybridized carbons (Fsp3) is 0.200. The molecule has 1 aromatic rings. The number of hydrogen-bond donors (Lipinski definition) is 1. The number of carbonyl (C=O) groups is 4. The molecule has 108 valence electrons. The highest BCUT2D eigenvalue weighted by Crippen LogP contribution is 2.19. The summed E-state index contributed by atoms with van der Waals surface area (Å²) in [5.74, 6) is -1.80. The van der Waals surface area contributed by atoms with Gasteiger partial charge in [-0.05, 0) is 0 Å². The molecule has 1 aliphatic rings. The van der Waals surface area contributed by atoms with E-state index in [0.717, 1.165) is 6.08 Å². The summed E-state index contributed by atoms with van der Waals surface area (Å²) in [4.78, 5) is 46.7. The molecule has 1 amide bonds. The average molecular weight is 287 g/mol. The Hall–Kier alpha value is -2.76. The number of esters is 1. The fourth-order valence-corrected chi connectivity index (χ4v) is 1.94. The smallest absolute Gasteiger partial charge is 0.306 e. The summed E-state index contributed by atoms with van der Waals surface area (Å²) in [6.07, 6.45) is 0.891. The zero-order valence-electron chi connectivity index (χ0n) is 11.3. The summed E-state index contributed by atoms with van der Waals surface area (Å²) < 4.78 is 4.42. The van der Waals surface area contributed by atoms with Crippen molar-refractivity contribution in [1.82, 2.24) is 5.32 Å². The van der Waals surface area contributed by atoms with Crippen molar-refractivity contribution < 1.29 is 23.9 Å². The number of amides is 1. The van der Waals surface area contributed by atoms with E-state index in [0.29, 0.717) is 5.56 Å². The standard InChI is InChI=1S/C15H13NO5/c1-21-14(19)7-6-13(18)16-11-8-12(17)9-4-2-3-5-10(9)15(11)20/h2-5,8H,6-7H2,1H3,(H,16,18). The maximum Gasteiger partial charge on any atom is 0.306 e. The van der Waals surface area contributed by atoms with Crippen LogP contribution in [0.15, 0.2) is 36.0 Å². The third kappa shape index (κ3) is 3.22. The molecule has 0 fully saturated rings. The number of nitrogens with one attached hydrogen (secondary N) is 1. The Balaban J connectivity index is 2.08. The Kier molecular flexibility index (Phi) is 4.27. The lowest BCUT2D eigenvalue weighted by Gasteiger charge is -2.15. The zero-order valence-corrected chi connectivity index (χ0v) is 11.3. The number of fused-ring (bicyclic) bond motifs is 1. The van der Waals surface area contributed by atoms with Crippen molar-refractivity contribution in [2.45, 2.75) is 12.8 Å². The van der Waals surface area contributed by atoms with Crippen LogP contribution in [0, 0.1) is 0 Å². The van der Waals surface area contributed by atoms with E-state index in [4.69, 9.17) is 0 Å². The predicted molar refractivity (Wildman–Crippen MR) is 72.6 cm³/mol. The Morgan fingerprint density at radius 2 is 1.76 bits per heavy atom. The summed E-state index contributed by atoms with van der Waals surface area (Å²) in [5, 5.41) is 2.36. The molecule has 0 saturated heterocycles. The van der Waals surface area contributed by atoms with Gasteiger partial charge in [0.2, 0.25) is 11.7 Å². The number of benzene rings is 1. The number of ether oxygens (including phenoxy) is 1. The van der Waals surface area contributed by atoms with Gasteiger partial charge in [-0.15, -0.1) is 0 Å². The molecular formula is C15H13NO5. The molecule has 0 heterocycles. The monoisotopic (exact) mass is 287 g/mol. The maximum absolute atomic E-state index is 12.2. The molecule has 0 aromatic heterocycles. The quantitative estimate of drug-likeness (QED) is 0.835. The number of methoxy groups -OCH3 is 1. The van der Waals surface area contributed by atoms with Crippen molar-refractivity contribution in [2.75, 3.05) is 7.11 Å². The predicted octanol–water partition coefficient (Wildman–Crippen LogP) is 1.02. The normalized spacial score (nSPS) is 13.3. The lowest BCUT2D eigenvalue weighted by Crippen LogP contribution is -2.31. The van der Waals surface area contributed by atoms with Crippen molar-refractivity contribution >= 4 is 23.4 Å². The summed E-state index contributed by atoms with van der Waals surface area (Å²) in [6.45, 7) is 0. The molecule has 21 heavy (non-hydrogen) atoms. The van der Waals surface area contributed by atoms with E-state index in [1.165, 1.54) is 13.2 Å². The molecule has 0 radical (unpaired) electrons. The molecule has 0 atom stereocenters. The van der Waals surface area contributed by atoms with Crippen LogP contribution in [0.3, 0.4) is 0 Å². The third-order valence-electron chi connectivity index (χ3n) is 3.02. The minimum Gasteiger partial charge on any atom is -0.469 e. The van der Waals surface area contributed by atoms with E-state index in [1.54, 1.807) is 18.2 Å². The average Bonchev–Trinajstić information content (AvgIpc) is 2.50. The highest BCUT2D eigenvalue weighted by atomic mass is 16.5. The van der Waals surface area contributed by atoms with E-state index in [2.05, 4.69) is 10.1 Å². The van der Waals surface area contributed by atoms with Crippen molar-refractivity contribution in [2.24, 2.45) is 0 Å². The zero-order chi connectivity index (χ0) is 15.4. The molecule has 1 aromatic carbocycles. The highest BCUT2D eigenvalue weighted by Gasteiger charge is 2.26. The minimum atomic E-state index is -0.521. The molecule has 2 rings (SSSR count). The Labute approximate surface area is 120 Å². The summed E-state index contributed by atoms with van der Waals surface area (Å²) in [7, 11) is 1.23. The van der Waals surface area contributed by atoms with Crippen LogP contribution in [0.4, 0.5) is 0 Å². The SMILES string of the molecule is COC(=O)CCC(=O)NC1=CC(=O)c2ccccc2C1=O. The first-order valence-corrected chi connectivity index (χ1v) is 6.29. The van der Waals surface area contributed by atoms with Crippen molar-refractivity contribution in [3.05, 3.63) is 47.2 Å². The molecule has 6 heteroatoms. The van der Waals surface area contributed by atoms with E-state index in [-0.39, 0.29) is 29.9 Å². The van der Waals surface area contributed by atoms with Crippen LogP contribution >= 0.6 is 0 Å². The lowest BCUT2D eigenvalue weighted by atomic mass is 9.92. The number of hydrogen-bond acceptors (Lipinski definition) is 5. The van der Waals surface area contributed by atoms with Gasteiger partial charge >= 0.3 is 5.97 Å². The van der Waals surface area contributed by atoms with Gasteiger partial charge in [0.25, 0.3) is 0 Å². The molecule has 1 aliphatic carbocycles. The van der Waals surface area contributed by atoms with Crippen LogP contribution < -0.4 is 5.32 Å². The first kappa shape index (κ1) is 14.6. The molecule has 6 nitrogen and oxygen atoms in total. The van der Waals surface area contributed by atoms with Gasteiger partial charge in [0.05, 0.1) is 19.2 Å². The minimum absolute atomic E-state index is 0.0754. The molecule has 0 aliphatic heterocycles. The molecule has 0 spiro atoms. The summed E-state index contributed by atoms with van der Waals surface area (Å²) >= 11 is 0. The first-order chi connectivity index (χ1) is 10.0. The van der Waals surface area contributed by atoms with E-state index in [1.807, 2.05) is 0 Å². The Morgan fingerprint density at radius 3 is 2.43 bits per heavy atom. The Morgan fingerprint density at radius 1 is 1.10 bits per heavy atom. The first-order valence-electron chi connectivity index (χ1n) is 6.29. The summed E-state index contributed by atoms with van der Waals surface area (Å²) in [5.41, 5.74) is 0.497. The molecule has 0 saturated carbocycles. The maximum atomic E-state index is 12.2. The highest BCUT2D eigenvalue weighted by molar-refractivity contribution is 6.25. The van der Waals surface area contributed by atoms with Gasteiger partial charge in [0.15, 0.2) is 5.78 Å².